The van der Waals surface area contributed by atoms with Crippen molar-refractivity contribution < 1.29 is 4.79 Å². The van der Waals surface area contributed by atoms with Gasteiger partial charge in [0.1, 0.15) is 0 Å². The van der Waals surface area contributed by atoms with Crippen LogP contribution in [-0.4, -0.2) is 37.0 Å². The molecule has 0 aromatic rings. The number of amides is 1. The van der Waals surface area contributed by atoms with Crippen LogP contribution in [0, 0.1) is 11.8 Å². The van der Waals surface area contributed by atoms with Gasteiger partial charge in [-0.1, -0.05) is 12.2 Å². The van der Waals surface area contributed by atoms with Gasteiger partial charge in [0.25, 0.3) is 0 Å². The Morgan fingerprint density at radius 1 is 1.33 bits per heavy atom. The summed E-state index contributed by atoms with van der Waals surface area (Å²) < 4.78 is 0. The first-order valence-electron chi connectivity index (χ1n) is 7.36. The van der Waals surface area contributed by atoms with Crippen molar-refractivity contribution in [1.82, 2.24) is 10.2 Å². The topological polar surface area (TPSA) is 32.3 Å². The second kappa shape index (κ2) is 6.93. The molecule has 1 amide bonds. The van der Waals surface area contributed by atoms with E-state index in [1.807, 2.05) is 0 Å². The summed E-state index contributed by atoms with van der Waals surface area (Å²) in [5.41, 5.74) is 0. The van der Waals surface area contributed by atoms with Gasteiger partial charge in [-0.2, -0.15) is 0 Å². The van der Waals surface area contributed by atoms with E-state index in [1.54, 1.807) is 6.92 Å². The molecular formula is C15H26N2O. The lowest BCUT2D eigenvalue weighted by molar-refractivity contribution is -0.119. The first kappa shape index (κ1) is 13.6. The van der Waals surface area contributed by atoms with Crippen LogP contribution in [0.4, 0.5) is 0 Å². The number of nitrogens with zero attached hydrogens (tertiary/aromatic N) is 1. The number of hydrogen-bond acceptors (Lipinski definition) is 2. The average Bonchev–Trinajstić information content (AvgIpc) is 2.38. The van der Waals surface area contributed by atoms with E-state index in [2.05, 4.69) is 22.4 Å². The number of carbonyl (C=O) groups excluding carboxylic acids is 1. The summed E-state index contributed by atoms with van der Waals surface area (Å²) in [6.45, 7) is 6.13. The third-order valence-electron chi connectivity index (χ3n) is 4.14. The van der Waals surface area contributed by atoms with E-state index >= 15 is 0 Å². The summed E-state index contributed by atoms with van der Waals surface area (Å²) >= 11 is 0. The first-order valence-corrected chi connectivity index (χ1v) is 7.36. The molecule has 2 rings (SSSR count). The zero-order valence-electron chi connectivity index (χ0n) is 11.5. The van der Waals surface area contributed by atoms with Gasteiger partial charge in [-0.05, 0) is 50.5 Å². The minimum absolute atomic E-state index is 0.101. The maximum Gasteiger partial charge on any atom is 0.216 e. The molecule has 3 nitrogen and oxygen atoms in total. The predicted octanol–water partition coefficient (Wildman–Crippen LogP) is 2.19. The lowest BCUT2D eigenvalue weighted by Crippen LogP contribution is -2.42. The van der Waals surface area contributed by atoms with E-state index in [1.165, 1.54) is 51.7 Å². The molecule has 0 unspecified atom stereocenters. The smallest absolute Gasteiger partial charge is 0.216 e. The van der Waals surface area contributed by atoms with Crippen molar-refractivity contribution in [3.05, 3.63) is 12.2 Å². The second-order valence-electron chi connectivity index (χ2n) is 5.86. The molecule has 1 saturated heterocycles. The maximum absolute atomic E-state index is 11.0. The Morgan fingerprint density at radius 2 is 2.22 bits per heavy atom. The molecule has 2 atom stereocenters. The van der Waals surface area contributed by atoms with Crippen LogP contribution >= 0.6 is 0 Å². The van der Waals surface area contributed by atoms with E-state index < -0.39 is 0 Å². The molecule has 1 aliphatic carbocycles. The Kier molecular flexibility index (Phi) is 5.24. The SMILES string of the molecule is CC(=O)NC[C@@H]1CCCN(C[C@H]2CC=CCC2)C1. The van der Waals surface area contributed by atoms with Crippen molar-refractivity contribution in [2.75, 3.05) is 26.2 Å². The van der Waals surface area contributed by atoms with Gasteiger partial charge < -0.3 is 10.2 Å². The highest BCUT2D eigenvalue weighted by Crippen LogP contribution is 2.22. The monoisotopic (exact) mass is 250 g/mol. The largest absolute Gasteiger partial charge is 0.356 e. The molecule has 18 heavy (non-hydrogen) atoms. The normalized spacial score (nSPS) is 29.2. The quantitative estimate of drug-likeness (QED) is 0.776. The summed E-state index contributed by atoms with van der Waals surface area (Å²) in [5.74, 6) is 1.61. The summed E-state index contributed by atoms with van der Waals surface area (Å²) in [6.07, 6.45) is 11.1. The van der Waals surface area contributed by atoms with Gasteiger partial charge in [-0.25, -0.2) is 0 Å². The summed E-state index contributed by atoms with van der Waals surface area (Å²) in [5, 5.41) is 2.96. The van der Waals surface area contributed by atoms with Gasteiger partial charge in [0.15, 0.2) is 0 Å². The Balaban J connectivity index is 1.72. The Bertz CT molecular complexity index is 301. The fourth-order valence-electron chi connectivity index (χ4n) is 3.16. The average molecular weight is 250 g/mol. The highest BCUT2D eigenvalue weighted by atomic mass is 16.1. The van der Waals surface area contributed by atoms with Crippen LogP contribution in [0.3, 0.4) is 0 Å². The molecule has 102 valence electrons. The highest BCUT2D eigenvalue weighted by Gasteiger charge is 2.22. The maximum atomic E-state index is 11.0. The molecule has 0 radical (unpaired) electrons. The van der Waals surface area contributed by atoms with Gasteiger partial charge >= 0.3 is 0 Å². The van der Waals surface area contributed by atoms with Crippen LogP contribution in [0.1, 0.15) is 39.0 Å². The van der Waals surface area contributed by atoms with Crippen LogP contribution in [0.25, 0.3) is 0 Å². The molecule has 2 aliphatic rings. The minimum Gasteiger partial charge on any atom is -0.356 e. The molecule has 1 heterocycles. The second-order valence-corrected chi connectivity index (χ2v) is 5.86. The molecule has 1 fully saturated rings. The Hall–Kier alpha value is -0.830. The van der Waals surface area contributed by atoms with Crippen molar-refractivity contribution in [3.63, 3.8) is 0 Å². The lowest BCUT2D eigenvalue weighted by atomic mass is 9.91. The number of nitrogens with one attached hydrogen (secondary N) is 1. The Morgan fingerprint density at radius 3 is 2.94 bits per heavy atom. The van der Waals surface area contributed by atoms with Crippen molar-refractivity contribution in [2.24, 2.45) is 11.8 Å². The van der Waals surface area contributed by atoms with Crippen molar-refractivity contribution in [1.29, 1.82) is 0 Å². The highest BCUT2D eigenvalue weighted by molar-refractivity contribution is 5.72. The summed E-state index contributed by atoms with van der Waals surface area (Å²) in [6, 6.07) is 0. The van der Waals surface area contributed by atoms with E-state index in [9.17, 15) is 4.79 Å². The van der Waals surface area contributed by atoms with E-state index in [-0.39, 0.29) is 5.91 Å². The number of likely N-dealkylation sites (tertiary alicyclic amines) is 1. The molecule has 1 N–H and O–H groups in total. The molecule has 0 aromatic heterocycles. The zero-order valence-corrected chi connectivity index (χ0v) is 11.5. The Labute approximate surface area is 111 Å². The van der Waals surface area contributed by atoms with Crippen LogP contribution in [0.5, 0.6) is 0 Å². The molecule has 0 spiro atoms. The van der Waals surface area contributed by atoms with E-state index in [4.69, 9.17) is 0 Å². The number of allylic oxidation sites excluding steroid dienone is 2. The van der Waals surface area contributed by atoms with Gasteiger partial charge in [0, 0.05) is 26.6 Å². The number of rotatable bonds is 4. The third-order valence-corrected chi connectivity index (χ3v) is 4.14. The van der Waals surface area contributed by atoms with Gasteiger partial charge in [-0.3, -0.25) is 4.79 Å². The molecule has 1 aliphatic heterocycles. The van der Waals surface area contributed by atoms with E-state index in [0.717, 1.165) is 12.5 Å². The molecular weight excluding hydrogens is 224 g/mol. The number of hydrogen-bond donors (Lipinski definition) is 1. The predicted molar refractivity (Wildman–Crippen MR) is 74.3 cm³/mol. The van der Waals surface area contributed by atoms with Crippen molar-refractivity contribution in [2.45, 2.75) is 39.0 Å². The molecule has 0 aromatic carbocycles. The fraction of sp³-hybridized carbons (Fsp3) is 0.800. The standard InChI is InChI=1S/C15H26N2O/c1-13(18)16-10-15-8-5-9-17(12-15)11-14-6-3-2-4-7-14/h2-3,14-15H,4-12H2,1H3,(H,16,18)/t14-,15-/m0/s1. The van der Waals surface area contributed by atoms with Crippen LogP contribution in [0.15, 0.2) is 12.2 Å². The summed E-state index contributed by atoms with van der Waals surface area (Å²) in [7, 11) is 0. The third kappa shape index (κ3) is 4.45. The van der Waals surface area contributed by atoms with Gasteiger partial charge in [0.05, 0.1) is 0 Å². The lowest BCUT2D eigenvalue weighted by Gasteiger charge is -2.35. The first-order chi connectivity index (χ1) is 8.74. The van der Waals surface area contributed by atoms with Crippen LogP contribution < -0.4 is 5.32 Å². The molecule has 0 bridgehead atoms. The number of carbonyl (C=O) groups is 1. The number of piperidine rings is 1. The van der Waals surface area contributed by atoms with Crippen molar-refractivity contribution in [3.8, 4) is 0 Å². The van der Waals surface area contributed by atoms with Crippen LogP contribution in [0.2, 0.25) is 0 Å². The van der Waals surface area contributed by atoms with Crippen LogP contribution in [-0.2, 0) is 4.79 Å². The molecule has 3 heteroatoms. The van der Waals surface area contributed by atoms with E-state index in [0.29, 0.717) is 5.92 Å². The van der Waals surface area contributed by atoms with Gasteiger partial charge in [-0.15, -0.1) is 0 Å². The molecule has 0 saturated carbocycles. The fourth-order valence-corrected chi connectivity index (χ4v) is 3.16. The minimum atomic E-state index is 0.101. The zero-order chi connectivity index (χ0) is 12.8. The van der Waals surface area contributed by atoms with Gasteiger partial charge in [0.2, 0.25) is 5.91 Å². The van der Waals surface area contributed by atoms with Crippen molar-refractivity contribution >= 4 is 5.91 Å². The summed E-state index contributed by atoms with van der Waals surface area (Å²) in [4.78, 5) is 13.6.